The Kier molecular flexibility index (Phi) is 2.64. The first-order valence-electron chi connectivity index (χ1n) is 3.54. The van der Waals surface area contributed by atoms with Crippen LogP contribution in [0.15, 0.2) is 11.6 Å². The summed E-state index contributed by atoms with van der Waals surface area (Å²) in [6.07, 6.45) is 7.01. The van der Waals surface area contributed by atoms with E-state index in [0.29, 0.717) is 6.42 Å². The van der Waals surface area contributed by atoms with Gasteiger partial charge in [0.2, 0.25) is 0 Å². The van der Waals surface area contributed by atoms with Gasteiger partial charge in [0.15, 0.2) is 0 Å². The molecule has 1 aliphatic heterocycles. The van der Waals surface area contributed by atoms with Crippen molar-refractivity contribution in [3.05, 3.63) is 11.6 Å². The molecule has 0 aromatic rings. The van der Waals surface area contributed by atoms with Gasteiger partial charge < -0.3 is 5.11 Å². The summed E-state index contributed by atoms with van der Waals surface area (Å²) in [7, 11) is 0. The molecule has 1 N–H and O–H groups in total. The highest BCUT2D eigenvalue weighted by Gasteiger charge is 2.05. The Balaban J connectivity index is 2.34. The van der Waals surface area contributed by atoms with E-state index in [1.165, 1.54) is 0 Å². The van der Waals surface area contributed by atoms with Crippen LogP contribution >= 0.6 is 0 Å². The van der Waals surface area contributed by atoms with Crippen molar-refractivity contribution in [2.45, 2.75) is 19.3 Å². The first-order chi connectivity index (χ1) is 5.29. The lowest BCUT2D eigenvalue weighted by Crippen LogP contribution is -1.99. The second-order valence-electron chi connectivity index (χ2n) is 2.40. The smallest absolute Gasteiger partial charge is 0.303 e. The number of hydrogen-bond acceptors (Lipinski definition) is 1. The Labute approximate surface area is 64.8 Å². The minimum Gasteiger partial charge on any atom is -0.481 e. The van der Waals surface area contributed by atoms with Gasteiger partial charge in [-0.25, -0.2) is 0 Å². The highest BCUT2D eigenvalue weighted by atomic mass is 16.4. The molecular weight excluding hydrogens is 142 g/mol. The van der Waals surface area contributed by atoms with Gasteiger partial charge in [-0.3, -0.25) is 4.79 Å². The van der Waals surface area contributed by atoms with E-state index >= 15 is 0 Å². The molecule has 0 saturated carbocycles. The first kappa shape index (κ1) is 7.76. The standard InChI is InChI=1S/C8H9NO2/c10-8(11)2-1-7-3-5-9-6-4-7/h3,5-6H,1-2,4H2/p+1. The number of allylic oxidation sites excluding steroid dienone is 2. The SMILES string of the molecule is O=C(O)CCC1=CC=[N+]=CC1. The van der Waals surface area contributed by atoms with Crippen molar-refractivity contribution < 1.29 is 9.90 Å². The summed E-state index contributed by atoms with van der Waals surface area (Å²) in [5, 5.41) is 8.37. The van der Waals surface area contributed by atoms with Crippen molar-refractivity contribution >= 4 is 18.4 Å². The molecule has 1 aliphatic rings. The molecule has 0 radical (unpaired) electrons. The van der Waals surface area contributed by atoms with E-state index in [-0.39, 0.29) is 6.42 Å². The highest BCUT2D eigenvalue weighted by Crippen LogP contribution is 2.07. The van der Waals surface area contributed by atoms with Gasteiger partial charge in [-0.1, -0.05) is 5.57 Å². The minimum absolute atomic E-state index is 0.216. The summed E-state index contributed by atoms with van der Waals surface area (Å²) in [5.41, 5.74) is 1.14. The fourth-order valence-corrected chi connectivity index (χ4v) is 0.900. The van der Waals surface area contributed by atoms with Crippen molar-refractivity contribution in [3.63, 3.8) is 0 Å². The lowest BCUT2D eigenvalue weighted by atomic mass is 10.1. The van der Waals surface area contributed by atoms with Crippen molar-refractivity contribution in [2.24, 2.45) is 0 Å². The fraction of sp³-hybridized carbons (Fsp3) is 0.375. The molecule has 11 heavy (non-hydrogen) atoms. The van der Waals surface area contributed by atoms with E-state index in [2.05, 4.69) is 4.67 Å². The van der Waals surface area contributed by atoms with Crippen LogP contribution in [0.3, 0.4) is 0 Å². The summed E-state index contributed by atoms with van der Waals surface area (Å²) in [6, 6.07) is 0. The largest absolute Gasteiger partial charge is 0.481 e. The molecule has 0 spiro atoms. The van der Waals surface area contributed by atoms with Crippen LogP contribution in [0, 0.1) is 0 Å². The molecule has 0 amide bonds. The van der Waals surface area contributed by atoms with Gasteiger partial charge in [0.1, 0.15) is 0 Å². The number of carbonyl (C=O) groups is 1. The zero-order valence-electron chi connectivity index (χ0n) is 6.16. The maximum absolute atomic E-state index is 10.2. The quantitative estimate of drug-likeness (QED) is 0.595. The van der Waals surface area contributed by atoms with E-state index in [9.17, 15) is 4.79 Å². The van der Waals surface area contributed by atoms with Gasteiger partial charge in [-0.15, -0.1) is 4.67 Å². The number of carboxylic acids is 1. The second-order valence-corrected chi connectivity index (χ2v) is 2.40. The molecule has 58 valence electrons. The Morgan fingerprint density at radius 2 is 2.55 bits per heavy atom. The van der Waals surface area contributed by atoms with Crippen LogP contribution in [0.1, 0.15) is 19.3 Å². The third kappa shape index (κ3) is 2.83. The van der Waals surface area contributed by atoms with Crippen molar-refractivity contribution in [2.75, 3.05) is 0 Å². The molecule has 1 heterocycles. The van der Waals surface area contributed by atoms with Gasteiger partial charge in [0, 0.05) is 12.5 Å². The van der Waals surface area contributed by atoms with Crippen molar-refractivity contribution in [1.82, 2.24) is 4.67 Å². The van der Waals surface area contributed by atoms with Gasteiger partial charge in [-0.05, 0) is 6.42 Å². The van der Waals surface area contributed by atoms with E-state index in [0.717, 1.165) is 12.0 Å². The maximum atomic E-state index is 10.2. The van der Waals surface area contributed by atoms with E-state index in [4.69, 9.17) is 5.11 Å². The van der Waals surface area contributed by atoms with E-state index in [1.807, 2.05) is 6.08 Å². The summed E-state index contributed by atoms with van der Waals surface area (Å²) < 4.78 is 3.88. The third-order valence-corrected chi connectivity index (χ3v) is 1.52. The van der Waals surface area contributed by atoms with Gasteiger partial charge in [-0.2, -0.15) is 0 Å². The Bertz CT molecular complexity index is 247. The summed E-state index contributed by atoms with van der Waals surface area (Å²) in [6.45, 7) is 0. The topological polar surface area (TPSA) is 51.4 Å². The van der Waals surface area contributed by atoms with Crippen LogP contribution in [0.5, 0.6) is 0 Å². The zero-order chi connectivity index (χ0) is 8.10. The predicted octanol–water partition coefficient (Wildman–Crippen LogP) is 0.390. The van der Waals surface area contributed by atoms with Gasteiger partial charge in [0.05, 0.1) is 6.42 Å². The number of hydrogen-bond donors (Lipinski definition) is 1. The summed E-state index contributed by atoms with van der Waals surface area (Å²) >= 11 is 0. The lowest BCUT2D eigenvalue weighted by molar-refractivity contribution is -0.136. The van der Waals surface area contributed by atoms with Crippen LogP contribution in [-0.4, -0.2) is 23.5 Å². The van der Waals surface area contributed by atoms with Crippen LogP contribution < -0.4 is 4.67 Å². The summed E-state index contributed by atoms with van der Waals surface area (Å²) in [4.78, 5) is 10.2. The molecule has 0 atom stereocenters. The molecule has 3 nitrogen and oxygen atoms in total. The van der Waals surface area contributed by atoms with Gasteiger partial charge >= 0.3 is 5.97 Å². The number of aliphatic carboxylic acids is 1. The monoisotopic (exact) mass is 152 g/mol. The fourth-order valence-electron chi connectivity index (χ4n) is 0.900. The first-order valence-corrected chi connectivity index (χ1v) is 3.54. The molecule has 0 aliphatic carbocycles. The molecule has 0 fully saturated rings. The maximum Gasteiger partial charge on any atom is 0.303 e. The van der Waals surface area contributed by atoms with E-state index < -0.39 is 5.97 Å². The average Bonchev–Trinajstić information content (AvgIpc) is 2.03. The Morgan fingerprint density at radius 3 is 3.09 bits per heavy atom. The number of nitrogens with zero attached hydrogens (tertiary/aromatic N) is 1. The zero-order valence-corrected chi connectivity index (χ0v) is 6.16. The molecule has 0 unspecified atom stereocenters. The lowest BCUT2D eigenvalue weighted by Gasteiger charge is -1.97. The van der Waals surface area contributed by atoms with Crippen LogP contribution in [-0.2, 0) is 4.79 Å². The number of rotatable bonds is 3. The third-order valence-electron chi connectivity index (χ3n) is 1.52. The van der Waals surface area contributed by atoms with Gasteiger partial charge in [0.25, 0.3) is 12.4 Å². The predicted molar refractivity (Wildman–Crippen MR) is 43.8 cm³/mol. The highest BCUT2D eigenvalue weighted by molar-refractivity contribution is 5.80. The van der Waals surface area contributed by atoms with Crippen LogP contribution in [0.4, 0.5) is 0 Å². The minimum atomic E-state index is -0.742. The molecule has 3 heteroatoms. The Hall–Kier alpha value is -1.34. The molecule has 0 aromatic heterocycles. The van der Waals surface area contributed by atoms with Crippen molar-refractivity contribution in [1.29, 1.82) is 0 Å². The van der Waals surface area contributed by atoms with Crippen LogP contribution in [0.2, 0.25) is 0 Å². The van der Waals surface area contributed by atoms with Crippen molar-refractivity contribution in [3.8, 4) is 0 Å². The summed E-state index contributed by atoms with van der Waals surface area (Å²) in [5.74, 6) is -0.742. The molecule has 0 aromatic carbocycles. The molecular formula is C8H10NO2+. The number of carboxylic acid groups (broad SMARTS) is 1. The normalized spacial score (nSPS) is 14.7. The second kappa shape index (κ2) is 3.74. The average molecular weight is 152 g/mol. The molecule has 1 rings (SSSR count). The molecule has 0 saturated heterocycles. The van der Waals surface area contributed by atoms with E-state index in [1.54, 1.807) is 12.4 Å². The van der Waals surface area contributed by atoms with Crippen LogP contribution in [0.25, 0.3) is 0 Å². The Morgan fingerprint density at radius 1 is 1.73 bits per heavy atom. The molecule has 0 bridgehead atoms.